The number of aliphatic hydroxyl groups is 1. The Kier molecular flexibility index (Phi) is 4.27. The van der Waals surface area contributed by atoms with Gasteiger partial charge in [-0.05, 0) is 26.0 Å². The van der Waals surface area contributed by atoms with Gasteiger partial charge in [0.25, 0.3) is 0 Å². The number of benzene rings is 1. The monoisotopic (exact) mass is 372 g/mol. The molecule has 0 saturated heterocycles. The minimum Gasteiger partial charge on any atom is -0.389 e. The number of halogens is 4. The smallest absolute Gasteiger partial charge is 0.389 e. The van der Waals surface area contributed by atoms with Gasteiger partial charge < -0.3 is 15.4 Å². The Labute approximate surface area is 145 Å². The van der Waals surface area contributed by atoms with Gasteiger partial charge in [0.2, 0.25) is 0 Å². The molecule has 140 valence electrons. The van der Waals surface area contributed by atoms with Crippen molar-refractivity contribution in [1.29, 1.82) is 0 Å². The second kappa shape index (κ2) is 6.06. The molecular formula is C16H16F4N4O2. The molecule has 0 aliphatic carbocycles. The van der Waals surface area contributed by atoms with Crippen LogP contribution in [0.25, 0.3) is 21.9 Å². The van der Waals surface area contributed by atoms with Gasteiger partial charge in [0, 0.05) is 11.5 Å². The molecule has 0 aliphatic rings. The molecule has 0 atom stereocenters. The molecule has 10 heteroatoms. The molecule has 1 aromatic carbocycles. The molecular weight excluding hydrogens is 356 g/mol. The summed E-state index contributed by atoms with van der Waals surface area (Å²) in [6.45, 7) is 2.06. The standard InChI is InChI=1S/C16H16F4N4O2/c1-15(2,25)7-24-11(6-26-16(18,19)20)23-12-13(24)9-4-3-8(17)5-10(9)22-14(12)21/h3-5,25H,6-7H2,1-2H3,(H2,21,22). The van der Waals surface area contributed by atoms with Gasteiger partial charge in [0.05, 0.1) is 23.2 Å². The number of hydrogen-bond donors (Lipinski definition) is 2. The fourth-order valence-electron chi connectivity index (χ4n) is 2.74. The number of alkyl halides is 3. The van der Waals surface area contributed by atoms with E-state index in [1.807, 2.05) is 0 Å². The van der Waals surface area contributed by atoms with Crippen LogP contribution >= 0.6 is 0 Å². The van der Waals surface area contributed by atoms with Gasteiger partial charge in [-0.2, -0.15) is 0 Å². The second-order valence-electron chi connectivity index (χ2n) is 6.52. The number of aromatic nitrogens is 3. The maximum atomic E-state index is 13.5. The van der Waals surface area contributed by atoms with Crippen molar-refractivity contribution in [3.8, 4) is 0 Å². The van der Waals surface area contributed by atoms with Gasteiger partial charge in [0.15, 0.2) is 5.82 Å². The lowest BCUT2D eigenvalue weighted by Crippen LogP contribution is -2.27. The van der Waals surface area contributed by atoms with Crippen molar-refractivity contribution < 1.29 is 27.4 Å². The van der Waals surface area contributed by atoms with E-state index in [0.29, 0.717) is 10.9 Å². The Morgan fingerprint density at radius 2 is 1.92 bits per heavy atom. The highest BCUT2D eigenvalue weighted by Gasteiger charge is 2.31. The molecule has 0 spiro atoms. The summed E-state index contributed by atoms with van der Waals surface area (Å²) >= 11 is 0. The quantitative estimate of drug-likeness (QED) is 0.688. The van der Waals surface area contributed by atoms with E-state index in [0.717, 1.165) is 0 Å². The second-order valence-corrected chi connectivity index (χ2v) is 6.52. The predicted molar refractivity (Wildman–Crippen MR) is 86.5 cm³/mol. The molecule has 3 aromatic rings. The number of rotatable bonds is 4. The predicted octanol–water partition coefficient (Wildman–Crippen LogP) is 3.11. The SMILES string of the molecule is CC(C)(O)Cn1c(COC(F)(F)F)nc2c(N)nc3cc(F)ccc3c21. The van der Waals surface area contributed by atoms with Crippen LogP contribution in [0.2, 0.25) is 0 Å². The molecule has 3 rings (SSSR count). The van der Waals surface area contributed by atoms with E-state index < -0.39 is 24.4 Å². The number of ether oxygens (including phenoxy) is 1. The minimum atomic E-state index is -4.84. The average molecular weight is 372 g/mol. The molecule has 0 aliphatic heterocycles. The fourth-order valence-corrected chi connectivity index (χ4v) is 2.74. The molecule has 26 heavy (non-hydrogen) atoms. The zero-order chi connectivity index (χ0) is 19.3. The van der Waals surface area contributed by atoms with Gasteiger partial charge in [-0.15, -0.1) is 13.2 Å². The number of imidazole rings is 1. The number of nitrogen functional groups attached to an aromatic ring is 1. The number of anilines is 1. The maximum absolute atomic E-state index is 13.5. The van der Waals surface area contributed by atoms with Crippen molar-refractivity contribution in [2.75, 3.05) is 5.73 Å². The molecule has 2 heterocycles. The summed E-state index contributed by atoms with van der Waals surface area (Å²) in [6.07, 6.45) is -4.84. The van der Waals surface area contributed by atoms with Crippen LogP contribution in [-0.2, 0) is 17.9 Å². The van der Waals surface area contributed by atoms with Gasteiger partial charge in [-0.1, -0.05) is 0 Å². The van der Waals surface area contributed by atoms with E-state index >= 15 is 0 Å². The largest absolute Gasteiger partial charge is 0.522 e. The van der Waals surface area contributed by atoms with Gasteiger partial charge in [-0.25, -0.2) is 14.4 Å². The van der Waals surface area contributed by atoms with Crippen LogP contribution < -0.4 is 5.73 Å². The number of fused-ring (bicyclic) bond motifs is 3. The summed E-state index contributed by atoms with van der Waals surface area (Å²) in [5, 5.41) is 10.6. The van der Waals surface area contributed by atoms with E-state index in [4.69, 9.17) is 5.73 Å². The average Bonchev–Trinajstić information content (AvgIpc) is 2.82. The lowest BCUT2D eigenvalue weighted by molar-refractivity contribution is -0.331. The first-order valence-electron chi connectivity index (χ1n) is 7.61. The van der Waals surface area contributed by atoms with Crippen LogP contribution in [0.5, 0.6) is 0 Å². The summed E-state index contributed by atoms with van der Waals surface area (Å²) in [5.41, 5.74) is 5.36. The normalized spacial score (nSPS) is 13.0. The summed E-state index contributed by atoms with van der Waals surface area (Å²) in [6, 6.07) is 3.81. The molecule has 0 radical (unpaired) electrons. The molecule has 6 nitrogen and oxygen atoms in total. The zero-order valence-corrected chi connectivity index (χ0v) is 13.9. The minimum absolute atomic E-state index is 0.0548. The van der Waals surface area contributed by atoms with Crippen molar-refractivity contribution in [1.82, 2.24) is 14.5 Å². The van der Waals surface area contributed by atoms with Gasteiger partial charge in [0.1, 0.15) is 23.8 Å². The van der Waals surface area contributed by atoms with Crippen molar-refractivity contribution >= 4 is 27.8 Å². The summed E-state index contributed by atoms with van der Waals surface area (Å²) in [7, 11) is 0. The van der Waals surface area contributed by atoms with Gasteiger partial charge in [-0.3, -0.25) is 4.74 Å². The lowest BCUT2D eigenvalue weighted by Gasteiger charge is -2.21. The van der Waals surface area contributed by atoms with Crippen LogP contribution in [0.1, 0.15) is 19.7 Å². The highest BCUT2D eigenvalue weighted by atomic mass is 19.4. The molecule has 0 saturated carbocycles. The fraction of sp³-hybridized carbons (Fsp3) is 0.375. The lowest BCUT2D eigenvalue weighted by atomic mass is 10.1. The van der Waals surface area contributed by atoms with Crippen LogP contribution in [0, 0.1) is 5.82 Å². The Morgan fingerprint density at radius 1 is 1.23 bits per heavy atom. The summed E-state index contributed by atoms with van der Waals surface area (Å²) < 4.78 is 56.1. The van der Waals surface area contributed by atoms with Crippen LogP contribution in [0.4, 0.5) is 23.4 Å². The van der Waals surface area contributed by atoms with E-state index in [1.165, 1.54) is 36.6 Å². The maximum Gasteiger partial charge on any atom is 0.522 e. The molecule has 3 N–H and O–H groups in total. The topological polar surface area (TPSA) is 86.2 Å². The first-order chi connectivity index (χ1) is 11.9. The van der Waals surface area contributed by atoms with E-state index in [1.54, 1.807) is 0 Å². The first kappa shape index (κ1) is 18.3. The van der Waals surface area contributed by atoms with Crippen LogP contribution in [0.3, 0.4) is 0 Å². The van der Waals surface area contributed by atoms with Crippen molar-refractivity contribution in [2.45, 2.75) is 39.0 Å². The Morgan fingerprint density at radius 3 is 2.54 bits per heavy atom. The molecule has 0 amide bonds. The zero-order valence-electron chi connectivity index (χ0n) is 13.9. The van der Waals surface area contributed by atoms with Gasteiger partial charge >= 0.3 is 6.36 Å². The Hall–Kier alpha value is -2.46. The van der Waals surface area contributed by atoms with Crippen molar-refractivity contribution in [3.05, 3.63) is 29.8 Å². The van der Waals surface area contributed by atoms with E-state index in [2.05, 4.69) is 14.7 Å². The van der Waals surface area contributed by atoms with Crippen molar-refractivity contribution in [2.24, 2.45) is 0 Å². The number of hydrogen-bond acceptors (Lipinski definition) is 5. The third-order valence-corrected chi connectivity index (χ3v) is 3.66. The number of pyridine rings is 1. The van der Waals surface area contributed by atoms with Crippen LogP contribution in [0.15, 0.2) is 18.2 Å². The molecule has 0 fully saturated rings. The summed E-state index contributed by atoms with van der Waals surface area (Å²) in [4.78, 5) is 8.18. The number of nitrogens with two attached hydrogens (primary N) is 1. The highest BCUT2D eigenvalue weighted by Crippen LogP contribution is 2.31. The third-order valence-electron chi connectivity index (χ3n) is 3.66. The van der Waals surface area contributed by atoms with E-state index in [-0.39, 0.29) is 29.2 Å². The highest BCUT2D eigenvalue weighted by molar-refractivity contribution is 6.06. The Balaban J connectivity index is 2.28. The Bertz CT molecular complexity index is 976. The van der Waals surface area contributed by atoms with Crippen LogP contribution in [-0.4, -0.2) is 31.6 Å². The third kappa shape index (κ3) is 3.70. The molecule has 2 aromatic heterocycles. The first-order valence-corrected chi connectivity index (χ1v) is 7.61. The van der Waals surface area contributed by atoms with E-state index in [9.17, 15) is 22.7 Å². The van der Waals surface area contributed by atoms with Crippen molar-refractivity contribution in [3.63, 3.8) is 0 Å². The molecule has 0 bridgehead atoms. The number of nitrogens with zero attached hydrogens (tertiary/aromatic N) is 3. The molecule has 0 unspecified atom stereocenters. The summed E-state index contributed by atoms with van der Waals surface area (Å²) in [5.74, 6) is -0.663.